The minimum atomic E-state index is -0.0221. The van der Waals surface area contributed by atoms with Gasteiger partial charge in [-0.3, -0.25) is 0 Å². The van der Waals surface area contributed by atoms with Crippen molar-refractivity contribution >= 4 is 17.2 Å². The first-order valence-corrected chi connectivity index (χ1v) is 8.62. The van der Waals surface area contributed by atoms with E-state index in [2.05, 4.69) is 44.6 Å². The summed E-state index contributed by atoms with van der Waals surface area (Å²) in [6, 6.07) is 12.1. The molecule has 1 fully saturated rings. The molecule has 0 radical (unpaired) electrons. The molecule has 2 N–H and O–H groups in total. The second kappa shape index (κ2) is 7.55. The normalized spacial score (nSPS) is 14.4. The topological polar surface area (TPSA) is 75.4 Å². The Labute approximate surface area is 151 Å². The molecule has 3 heterocycles. The summed E-state index contributed by atoms with van der Waals surface area (Å²) in [7, 11) is 0. The third-order valence-corrected chi connectivity index (χ3v) is 4.34. The lowest BCUT2D eigenvalue weighted by Crippen LogP contribution is -2.36. The zero-order valence-electron chi connectivity index (χ0n) is 14.4. The fourth-order valence-electron chi connectivity index (χ4n) is 2.94. The Morgan fingerprint density at radius 3 is 2.62 bits per heavy atom. The molecule has 0 aliphatic carbocycles. The van der Waals surface area contributed by atoms with Crippen molar-refractivity contribution in [2.75, 3.05) is 36.5 Å². The monoisotopic (exact) mass is 351 g/mol. The highest BCUT2D eigenvalue weighted by atomic mass is 16.5. The number of hydrogen-bond acceptors (Lipinski definition) is 6. The van der Waals surface area contributed by atoms with Gasteiger partial charge >= 0.3 is 0 Å². The molecule has 0 saturated carbocycles. The summed E-state index contributed by atoms with van der Waals surface area (Å²) in [5, 5.41) is 16.7. The molecule has 0 bridgehead atoms. The van der Waals surface area contributed by atoms with Crippen LogP contribution in [0.15, 0.2) is 55.0 Å². The predicted molar refractivity (Wildman–Crippen MR) is 100 cm³/mol. The molecule has 4 rings (SSSR count). The van der Waals surface area contributed by atoms with Crippen LogP contribution in [-0.4, -0.2) is 46.2 Å². The molecule has 7 heteroatoms. The number of morpholine rings is 1. The maximum absolute atomic E-state index is 9.18. The number of aliphatic hydroxyl groups excluding tert-OH is 1. The fourth-order valence-corrected chi connectivity index (χ4v) is 2.94. The van der Waals surface area contributed by atoms with Crippen molar-refractivity contribution in [2.45, 2.75) is 6.61 Å². The number of benzene rings is 1. The van der Waals surface area contributed by atoms with Gasteiger partial charge in [-0.15, -0.1) is 0 Å². The molecule has 0 amide bonds. The van der Waals surface area contributed by atoms with Gasteiger partial charge < -0.3 is 20.1 Å². The summed E-state index contributed by atoms with van der Waals surface area (Å²) in [4.78, 5) is 6.69. The first-order valence-electron chi connectivity index (χ1n) is 8.62. The van der Waals surface area contributed by atoms with E-state index >= 15 is 0 Å². The van der Waals surface area contributed by atoms with E-state index in [1.165, 1.54) is 5.69 Å². The number of aliphatic hydroxyl groups is 1. The van der Waals surface area contributed by atoms with E-state index < -0.39 is 0 Å². The van der Waals surface area contributed by atoms with Crippen LogP contribution in [0.3, 0.4) is 0 Å². The van der Waals surface area contributed by atoms with Crippen molar-refractivity contribution in [1.29, 1.82) is 0 Å². The van der Waals surface area contributed by atoms with Crippen LogP contribution >= 0.6 is 0 Å². The molecule has 134 valence electrons. The lowest BCUT2D eigenvalue weighted by Gasteiger charge is -2.28. The molecule has 1 aromatic carbocycles. The van der Waals surface area contributed by atoms with Gasteiger partial charge in [0.15, 0.2) is 0 Å². The summed E-state index contributed by atoms with van der Waals surface area (Å²) in [6.45, 7) is 3.39. The Bertz CT molecular complexity index is 856. The molecule has 26 heavy (non-hydrogen) atoms. The quantitative estimate of drug-likeness (QED) is 0.735. The second-order valence-electron chi connectivity index (χ2n) is 6.12. The predicted octanol–water partition coefficient (Wildman–Crippen LogP) is 2.34. The van der Waals surface area contributed by atoms with Crippen molar-refractivity contribution in [3.63, 3.8) is 0 Å². The van der Waals surface area contributed by atoms with Gasteiger partial charge in [0.1, 0.15) is 5.82 Å². The van der Waals surface area contributed by atoms with Gasteiger partial charge in [-0.25, -0.2) is 9.67 Å². The SMILES string of the molecule is OCc1cnn(-c2ccnc(Nc3ccc(N4CCOCC4)cc3)c2)c1. The molecule has 1 aliphatic rings. The van der Waals surface area contributed by atoms with E-state index in [0.717, 1.165) is 49.1 Å². The summed E-state index contributed by atoms with van der Waals surface area (Å²) in [5.41, 5.74) is 3.83. The first kappa shape index (κ1) is 16.6. The van der Waals surface area contributed by atoms with E-state index in [1.54, 1.807) is 23.3 Å². The third kappa shape index (κ3) is 3.68. The maximum Gasteiger partial charge on any atom is 0.132 e. The van der Waals surface area contributed by atoms with Crippen molar-refractivity contribution in [2.24, 2.45) is 0 Å². The number of nitrogens with zero attached hydrogens (tertiary/aromatic N) is 4. The summed E-state index contributed by atoms with van der Waals surface area (Å²) < 4.78 is 7.12. The van der Waals surface area contributed by atoms with Gasteiger partial charge in [0.05, 0.1) is 31.7 Å². The minimum Gasteiger partial charge on any atom is -0.392 e. The van der Waals surface area contributed by atoms with Crippen LogP contribution in [0.25, 0.3) is 5.69 Å². The van der Waals surface area contributed by atoms with Gasteiger partial charge in [0, 0.05) is 48.5 Å². The molecular formula is C19H21N5O2. The Balaban J connectivity index is 1.47. The molecule has 1 aliphatic heterocycles. The number of hydrogen-bond donors (Lipinski definition) is 2. The van der Waals surface area contributed by atoms with Crippen LogP contribution < -0.4 is 10.2 Å². The van der Waals surface area contributed by atoms with Crippen LogP contribution in [0, 0.1) is 0 Å². The van der Waals surface area contributed by atoms with Gasteiger partial charge in [0.2, 0.25) is 0 Å². The molecule has 7 nitrogen and oxygen atoms in total. The van der Waals surface area contributed by atoms with Crippen LogP contribution in [0.1, 0.15) is 5.56 Å². The lowest BCUT2D eigenvalue weighted by atomic mass is 10.2. The number of nitrogens with one attached hydrogen (secondary N) is 1. The summed E-state index contributed by atoms with van der Waals surface area (Å²) >= 11 is 0. The minimum absolute atomic E-state index is 0.0221. The van der Waals surface area contributed by atoms with E-state index in [0.29, 0.717) is 0 Å². The van der Waals surface area contributed by atoms with E-state index in [9.17, 15) is 5.11 Å². The van der Waals surface area contributed by atoms with Crippen LogP contribution in [0.5, 0.6) is 0 Å². The molecule has 0 spiro atoms. The zero-order valence-corrected chi connectivity index (χ0v) is 14.4. The fraction of sp³-hybridized carbons (Fsp3) is 0.263. The van der Waals surface area contributed by atoms with E-state index in [4.69, 9.17) is 4.74 Å². The molecule has 0 atom stereocenters. The zero-order chi connectivity index (χ0) is 17.8. The Hall–Kier alpha value is -2.90. The largest absolute Gasteiger partial charge is 0.392 e. The van der Waals surface area contributed by atoms with Crippen molar-refractivity contribution in [3.8, 4) is 5.69 Å². The number of aromatic nitrogens is 3. The van der Waals surface area contributed by atoms with E-state index in [-0.39, 0.29) is 6.61 Å². The molecule has 1 saturated heterocycles. The van der Waals surface area contributed by atoms with E-state index in [1.807, 2.05) is 12.1 Å². The molecule has 0 unspecified atom stereocenters. The third-order valence-electron chi connectivity index (χ3n) is 4.34. The number of ether oxygens (including phenoxy) is 1. The molecular weight excluding hydrogens is 330 g/mol. The Morgan fingerprint density at radius 1 is 1.08 bits per heavy atom. The highest BCUT2D eigenvalue weighted by Crippen LogP contribution is 2.22. The summed E-state index contributed by atoms with van der Waals surface area (Å²) in [5.74, 6) is 0.739. The highest BCUT2D eigenvalue weighted by Gasteiger charge is 2.11. The maximum atomic E-state index is 9.18. The second-order valence-corrected chi connectivity index (χ2v) is 6.12. The van der Waals surface area contributed by atoms with Crippen LogP contribution in [0.4, 0.5) is 17.2 Å². The Kier molecular flexibility index (Phi) is 4.81. The average molecular weight is 351 g/mol. The number of pyridine rings is 1. The van der Waals surface area contributed by atoms with Gasteiger partial charge in [0.25, 0.3) is 0 Å². The highest BCUT2D eigenvalue weighted by molar-refractivity contribution is 5.62. The van der Waals surface area contributed by atoms with Gasteiger partial charge in [-0.2, -0.15) is 5.10 Å². The van der Waals surface area contributed by atoms with Gasteiger partial charge in [-0.05, 0) is 30.3 Å². The average Bonchev–Trinajstić information content (AvgIpc) is 3.19. The number of rotatable bonds is 5. The smallest absolute Gasteiger partial charge is 0.132 e. The summed E-state index contributed by atoms with van der Waals surface area (Å²) in [6.07, 6.45) is 5.19. The molecule has 3 aromatic rings. The molecule has 2 aromatic heterocycles. The van der Waals surface area contributed by atoms with Crippen molar-refractivity contribution in [3.05, 3.63) is 60.6 Å². The first-order chi connectivity index (χ1) is 12.8. The van der Waals surface area contributed by atoms with Crippen molar-refractivity contribution in [1.82, 2.24) is 14.8 Å². The van der Waals surface area contributed by atoms with Crippen molar-refractivity contribution < 1.29 is 9.84 Å². The van der Waals surface area contributed by atoms with Crippen LogP contribution in [0.2, 0.25) is 0 Å². The van der Waals surface area contributed by atoms with Gasteiger partial charge in [-0.1, -0.05) is 0 Å². The number of anilines is 3. The Morgan fingerprint density at radius 2 is 1.88 bits per heavy atom. The lowest BCUT2D eigenvalue weighted by molar-refractivity contribution is 0.122. The van der Waals surface area contributed by atoms with Crippen LogP contribution in [-0.2, 0) is 11.3 Å². The standard InChI is InChI=1S/C19H21N5O2/c25-14-15-12-21-24(13-15)18-5-6-20-19(11-18)22-16-1-3-17(4-2-16)23-7-9-26-10-8-23/h1-6,11-13,25H,7-10,14H2,(H,20,22).